The highest BCUT2D eigenvalue weighted by molar-refractivity contribution is 7.99. The van der Waals surface area contributed by atoms with Crippen molar-refractivity contribution in [3.8, 4) is 0 Å². The van der Waals surface area contributed by atoms with E-state index in [1.807, 2.05) is 24.8 Å². The predicted octanol–water partition coefficient (Wildman–Crippen LogP) is 3.37. The number of hydrogen-bond donors (Lipinski definition) is 1. The van der Waals surface area contributed by atoms with Crippen LogP contribution in [0.4, 0.5) is 0 Å². The third kappa shape index (κ3) is 2.19. The van der Waals surface area contributed by atoms with Gasteiger partial charge in [-0.1, -0.05) is 12.8 Å². The molecule has 1 rings (SSSR count). The van der Waals surface area contributed by atoms with Crippen molar-refractivity contribution in [3.05, 3.63) is 11.8 Å². The van der Waals surface area contributed by atoms with Gasteiger partial charge < -0.3 is 5.11 Å². The normalized spacial score (nSPS) is 32.0. The molecule has 2 atom stereocenters. The predicted molar refractivity (Wildman–Crippen MR) is 55.6 cm³/mol. The van der Waals surface area contributed by atoms with Gasteiger partial charge in [0, 0.05) is 11.2 Å². The lowest BCUT2D eigenvalue weighted by Crippen LogP contribution is -2.23. The third-order valence-corrected chi connectivity index (χ3v) is 3.85. The molecule has 0 amide bonds. The number of rotatable bonds is 2. The Morgan fingerprint density at radius 1 is 1.42 bits per heavy atom. The van der Waals surface area contributed by atoms with Gasteiger partial charge in [0.2, 0.25) is 0 Å². The van der Waals surface area contributed by atoms with E-state index in [4.69, 9.17) is 0 Å². The van der Waals surface area contributed by atoms with Crippen LogP contribution in [0.1, 0.15) is 32.6 Å². The fourth-order valence-electron chi connectivity index (χ4n) is 1.93. The molecule has 2 unspecified atom stereocenters. The third-order valence-electron chi connectivity index (χ3n) is 2.68. The molecule has 1 N–H and O–H groups in total. The molecule has 1 aliphatic rings. The Balaban J connectivity index is 2.58. The largest absolute Gasteiger partial charge is 0.512 e. The summed E-state index contributed by atoms with van der Waals surface area (Å²) in [7, 11) is 0. The average Bonchev–Trinajstić information content (AvgIpc) is 2.16. The molecule has 0 saturated heterocycles. The topological polar surface area (TPSA) is 20.2 Å². The van der Waals surface area contributed by atoms with Crippen LogP contribution in [-0.4, -0.2) is 16.6 Å². The molecule has 0 bridgehead atoms. The Morgan fingerprint density at radius 2 is 2.08 bits per heavy atom. The van der Waals surface area contributed by atoms with Crippen molar-refractivity contribution in [1.82, 2.24) is 0 Å². The Kier molecular flexibility index (Phi) is 3.99. The molecule has 1 aliphatic carbocycles. The van der Waals surface area contributed by atoms with E-state index in [0.717, 1.165) is 0 Å². The highest BCUT2D eigenvalue weighted by Gasteiger charge is 2.26. The van der Waals surface area contributed by atoms with Crippen molar-refractivity contribution in [2.24, 2.45) is 5.92 Å². The molecular weight excluding hydrogens is 168 g/mol. The second kappa shape index (κ2) is 4.80. The second-order valence-corrected chi connectivity index (χ2v) is 4.46. The molecule has 0 aliphatic heterocycles. The van der Waals surface area contributed by atoms with E-state index in [-0.39, 0.29) is 0 Å². The van der Waals surface area contributed by atoms with Crippen LogP contribution in [0.5, 0.6) is 0 Å². The van der Waals surface area contributed by atoms with Crippen LogP contribution in [0.25, 0.3) is 0 Å². The maximum absolute atomic E-state index is 9.63. The van der Waals surface area contributed by atoms with E-state index < -0.39 is 0 Å². The van der Waals surface area contributed by atoms with Crippen LogP contribution in [0.2, 0.25) is 0 Å². The van der Waals surface area contributed by atoms with E-state index >= 15 is 0 Å². The lowest BCUT2D eigenvalue weighted by atomic mass is 9.87. The number of aliphatic hydroxyl groups is 1. The summed E-state index contributed by atoms with van der Waals surface area (Å²) in [6.07, 6.45) is 9.04. The summed E-state index contributed by atoms with van der Waals surface area (Å²) < 4.78 is 0. The van der Waals surface area contributed by atoms with Crippen LogP contribution in [0.3, 0.4) is 0 Å². The molecule has 70 valence electrons. The van der Waals surface area contributed by atoms with Crippen LogP contribution >= 0.6 is 11.8 Å². The zero-order valence-corrected chi connectivity index (χ0v) is 8.73. The molecule has 1 saturated carbocycles. The van der Waals surface area contributed by atoms with Crippen molar-refractivity contribution < 1.29 is 5.11 Å². The van der Waals surface area contributed by atoms with Gasteiger partial charge in [0.05, 0.1) is 5.76 Å². The van der Waals surface area contributed by atoms with Gasteiger partial charge in [0.25, 0.3) is 0 Å². The number of allylic oxidation sites excluding steroid dienone is 2. The first kappa shape index (κ1) is 9.97. The van der Waals surface area contributed by atoms with Gasteiger partial charge in [-0.15, -0.1) is 0 Å². The summed E-state index contributed by atoms with van der Waals surface area (Å²) in [5, 5.41) is 10.3. The molecule has 0 heterocycles. The number of hydrogen-bond acceptors (Lipinski definition) is 2. The Morgan fingerprint density at radius 3 is 2.67 bits per heavy atom. The minimum Gasteiger partial charge on any atom is -0.512 e. The molecule has 1 nitrogen and oxygen atoms in total. The smallest absolute Gasteiger partial charge is 0.0921 e. The molecule has 0 spiro atoms. The summed E-state index contributed by atoms with van der Waals surface area (Å²) >= 11 is 1.90. The highest BCUT2D eigenvalue weighted by atomic mass is 32.2. The lowest BCUT2D eigenvalue weighted by Gasteiger charge is -2.29. The van der Waals surface area contributed by atoms with Crippen molar-refractivity contribution in [3.63, 3.8) is 0 Å². The first-order valence-corrected chi connectivity index (χ1v) is 5.96. The van der Waals surface area contributed by atoms with E-state index in [9.17, 15) is 5.11 Å². The molecule has 12 heavy (non-hydrogen) atoms. The zero-order valence-electron chi connectivity index (χ0n) is 7.92. The number of aliphatic hydroxyl groups excluding tert-OH is 1. The fraction of sp³-hybridized carbons (Fsp3) is 0.800. The van der Waals surface area contributed by atoms with Crippen molar-refractivity contribution >= 4 is 11.8 Å². The van der Waals surface area contributed by atoms with Crippen molar-refractivity contribution in [2.45, 2.75) is 37.9 Å². The van der Waals surface area contributed by atoms with Gasteiger partial charge >= 0.3 is 0 Å². The Labute approximate surface area is 79.2 Å². The first-order valence-electron chi connectivity index (χ1n) is 4.67. The molecule has 0 aromatic carbocycles. The van der Waals surface area contributed by atoms with E-state index in [0.29, 0.717) is 16.9 Å². The summed E-state index contributed by atoms with van der Waals surface area (Å²) in [6, 6.07) is 0. The van der Waals surface area contributed by atoms with E-state index in [2.05, 4.69) is 6.26 Å². The summed E-state index contributed by atoms with van der Waals surface area (Å²) in [6.45, 7) is 1.92. The summed E-state index contributed by atoms with van der Waals surface area (Å²) in [4.78, 5) is 0. The fourth-order valence-corrected chi connectivity index (χ4v) is 2.94. The molecule has 0 aromatic heterocycles. The molecule has 0 aromatic rings. The van der Waals surface area contributed by atoms with Crippen LogP contribution in [0.15, 0.2) is 11.8 Å². The van der Waals surface area contributed by atoms with Crippen LogP contribution in [0, 0.1) is 5.92 Å². The maximum Gasteiger partial charge on any atom is 0.0921 e. The standard InChI is InChI=1S/C10H18OS/c1-3-9(11)8-6-4-5-7-10(8)12-2/h3,8,10-11H,4-7H2,1-2H3/b9-3-. The minimum atomic E-state index is 0.429. The number of thioether (sulfide) groups is 1. The second-order valence-electron chi connectivity index (χ2n) is 3.38. The first-order chi connectivity index (χ1) is 5.79. The van der Waals surface area contributed by atoms with Gasteiger partial charge in [-0.3, -0.25) is 0 Å². The highest BCUT2D eigenvalue weighted by Crippen LogP contribution is 2.35. The quantitative estimate of drug-likeness (QED) is 0.667. The van der Waals surface area contributed by atoms with Gasteiger partial charge in [0.1, 0.15) is 0 Å². The van der Waals surface area contributed by atoms with Crippen LogP contribution < -0.4 is 0 Å². The van der Waals surface area contributed by atoms with Gasteiger partial charge in [-0.25, -0.2) is 0 Å². The zero-order chi connectivity index (χ0) is 8.97. The Hall–Kier alpha value is -0.110. The SMILES string of the molecule is C/C=C(\O)C1CCCCC1SC. The lowest BCUT2D eigenvalue weighted by molar-refractivity contribution is 0.281. The van der Waals surface area contributed by atoms with Crippen LogP contribution in [-0.2, 0) is 0 Å². The van der Waals surface area contributed by atoms with Gasteiger partial charge in [-0.2, -0.15) is 11.8 Å². The molecular formula is C10H18OS. The van der Waals surface area contributed by atoms with E-state index in [1.54, 1.807) is 0 Å². The Bertz CT molecular complexity index is 165. The van der Waals surface area contributed by atoms with Gasteiger partial charge in [0.15, 0.2) is 0 Å². The summed E-state index contributed by atoms with van der Waals surface area (Å²) in [5.41, 5.74) is 0. The molecule has 2 heteroatoms. The average molecular weight is 186 g/mol. The monoisotopic (exact) mass is 186 g/mol. The molecule has 1 fully saturated rings. The van der Waals surface area contributed by atoms with E-state index in [1.165, 1.54) is 25.7 Å². The molecule has 0 radical (unpaired) electrons. The summed E-state index contributed by atoms with van der Waals surface area (Å²) in [5.74, 6) is 1.03. The van der Waals surface area contributed by atoms with Crippen molar-refractivity contribution in [2.75, 3.05) is 6.26 Å². The van der Waals surface area contributed by atoms with Gasteiger partial charge in [-0.05, 0) is 32.1 Å². The maximum atomic E-state index is 9.63. The van der Waals surface area contributed by atoms with Crippen molar-refractivity contribution in [1.29, 1.82) is 0 Å². The minimum absolute atomic E-state index is 0.429.